The van der Waals surface area contributed by atoms with Crippen molar-refractivity contribution in [2.75, 3.05) is 11.5 Å². The molecule has 0 unspecified atom stereocenters. The number of benzene rings is 1. The predicted molar refractivity (Wildman–Crippen MR) is 87.7 cm³/mol. The van der Waals surface area contributed by atoms with Gasteiger partial charge in [0.15, 0.2) is 12.4 Å². The fraction of sp³-hybridized carbons (Fsp3) is 0.250. The molecule has 0 saturated heterocycles. The molecule has 8 heteroatoms. The van der Waals surface area contributed by atoms with Gasteiger partial charge < -0.3 is 20.6 Å². The molecular formula is C16H17N5O3. The number of carbonyl (C=O) groups is 1. The molecule has 2 aromatic heterocycles. The highest BCUT2D eigenvalue weighted by molar-refractivity contribution is 5.86. The van der Waals surface area contributed by atoms with Crippen LogP contribution in [-0.2, 0) is 29.0 Å². The Kier molecular flexibility index (Phi) is 4.28. The van der Waals surface area contributed by atoms with Gasteiger partial charge in [-0.05, 0) is 18.1 Å². The summed E-state index contributed by atoms with van der Waals surface area (Å²) in [7, 11) is 0. The molecular weight excluding hydrogens is 310 g/mol. The van der Waals surface area contributed by atoms with Gasteiger partial charge in [-0.1, -0.05) is 19.1 Å². The maximum atomic E-state index is 12.0. The lowest BCUT2D eigenvalue weighted by Gasteiger charge is -2.04. The number of hydrogen-bond acceptors (Lipinski definition) is 8. The third-order valence-corrected chi connectivity index (χ3v) is 3.54. The lowest BCUT2D eigenvalue weighted by atomic mass is 10.1. The van der Waals surface area contributed by atoms with Crippen molar-refractivity contribution in [3.63, 3.8) is 0 Å². The van der Waals surface area contributed by atoms with Crippen molar-refractivity contribution < 1.29 is 13.9 Å². The number of aryl methyl sites for hydroxylation is 1. The van der Waals surface area contributed by atoms with E-state index in [9.17, 15) is 4.79 Å². The number of esters is 1. The van der Waals surface area contributed by atoms with Crippen LogP contribution in [0.2, 0.25) is 0 Å². The topological polar surface area (TPSA) is 130 Å². The van der Waals surface area contributed by atoms with Gasteiger partial charge in [-0.15, -0.1) is 0 Å². The molecule has 24 heavy (non-hydrogen) atoms. The minimum absolute atomic E-state index is 0.0129. The highest BCUT2D eigenvalue weighted by Gasteiger charge is 2.13. The van der Waals surface area contributed by atoms with Crippen LogP contribution in [-0.4, -0.2) is 20.9 Å². The lowest BCUT2D eigenvalue weighted by Crippen LogP contribution is -2.12. The number of nitrogens with zero attached hydrogens (tertiary/aromatic N) is 3. The van der Waals surface area contributed by atoms with Gasteiger partial charge in [0.1, 0.15) is 5.58 Å². The number of fused-ring (bicyclic) bond motifs is 1. The molecule has 0 spiro atoms. The minimum atomic E-state index is -0.421. The largest absolute Gasteiger partial charge is 0.464 e. The van der Waals surface area contributed by atoms with Crippen LogP contribution < -0.4 is 11.5 Å². The molecule has 2 heterocycles. The van der Waals surface area contributed by atoms with Crippen LogP contribution >= 0.6 is 0 Å². The predicted octanol–water partition coefficient (Wildman–Crippen LogP) is 1.63. The van der Waals surface area contributed by atoms with Gasteiger partial charge >= 0.3 is 5.97 Å². The third kappa shape index (κ3) is 3.43. The highest BCUT2D eigenvalue weighted by atomic mass is 16.5. The molecule has 0 aliphatic heterocycles. The summed E-state index contributed by atoms with van der Waals surface area (Å²) < 4.78 is 10.7. The van der Waals surface area contributed by atoms with E-state index in [0.717, 1.165) is 23.0 Å². The monoisotopic (exact) mass is 327 g/mol. The van der Waals surface area contributed by atoms with Crippen molar-refractivity contribution in [1.29, 1.82) is 0 Å². The first-order valence-electron chi connectivity index (χ1n) is 7.45. The van der Waals surface area contributed by atoms with Crippen molar-refractivity contribution >= 4 is 28.8 Å². The molecule has 4 N–H and O–H groups in total. The number of anilines is 2. The zero-order chi connectivity index (χ0) is 17.1. The van der Waals surface area contributed by atoms with E-state index in [2.05, 4.69) is 21.9 Å². The second-order valence-corrected chi connectivity index (χ2v) is 5.25. The van der Waals surface area contributed by atoms with E-state index < -0.39 is 5.97 Å². The second-order valence-electron chi connectivity index (χ2n) is 5.25. The first-order valence-corrected chi connectivity index (χ1v) is 7.45. The molecule has 0 aliphatic carbocycles. The number of nitrogens with two attached hydrogens (primary N) is 2. The van der Waals surface area contributed by atoms with Gasteiger partial charge in [0.25, 0.3) is 0 Å². The summed E-state index contributed by atoms with van der Waals surface area (Å²) in [5.41, 5.74) is 13.6. The van der Waals surface area contributed by atoms with Crippen molar-refractivity contribution in [2.24, 2.45) is 0 Å². The Balaban J connectivity index is 1.66. The molecule has 8 nitrogen and oxygen atoms in total. The quantitative estimate of drug-likeness (QED) is 0.676. The number of carbonyl (C=O) groups excluding carboxylic acids is 1. The maximum absolute atomic E-state index is 12.0. The number of aromatic nitrogens is 3. The van der Waals surface area contributed by atoms with Gasteiger partial charge in [-0.2, -0.15) is 15.0 Å². The zero-order valence-corrected chi connectivity index (χ0v) is 13.2. The van der Waals surface area contributed by atoms with Crippen LogP contribution in [0, 0.1) is 0 Å². The van der Waals surface area contributed by atoms with Gasteiger partial charge in [0.2, 0.25) is 11.9 Å². The van der Waals surface area contributed by atoms with Crippen LogP contribution in [0.4, 0.5) is 11.9 Å². The van der Waals surface area contributed by atoms with Crippen molar-refractivity contribution in [3.05, 3.63) is 41.4 Å². The fourth-order valence-corrected chi connectivity index (χ4v) is 2.36. The normalized spacial score (nSPS) is 10.9. The summed E-state index contributed by atoms with van der Waals surface area (Å²) in [6, 6.07) is 5.94. The van der Waals surface area contributed by atoms with E-state index >= 15 is 0 Å². The Hall–Kier alpha value is -3.16. The van der Waals surface area contributed by atoms with Gasteiger partial charge in [-0.25, -0.2) is 0 Å². The molecule has 0 bridgehead atoms. The van der Waals surface area contributed by atoms with E-state index in [1.54, 1.807) is 6.26 Å². The Labute approximate surface area is 137 Å². The van der Waals surface area contributed by atoms with E-state index in [1.807, 2.05) is 18.2 Å². The fourth-order valence-electron chi connectivity index (χ4n) is 2.36. The molecule has 0 saturated carbocycles. The number of hydrogen-bond donors (Lipinski definition) is 2. The molecule has 0 atom stereocenters. The number of nitrogen functional groups attached to an aromatic ring is 2. The number of furan rings is 1. The molecule has 124 valence electrons. The first-order chi connectivity index (χ1) is 11.5. The van der Waals surface area contributed by atoms with Gasteiger partial charge in [0, 0.05) is 10.9 Å². The average Bonchev–Trinajstić information content (AvgIpc) is 2.94. The summed E-state index contributed by atoms with van der Waals surface area (Å²) in [4.78, 5) is 23.4. The van der Waals surface area contributed by atoms with Crippen LogP contribution in [0.15, 0.2) is 28.9 Å². The van der Waals surface area contributed by atoms with Crippen molar-refractivity contribution in [3.8, 4) is 0 Å². The SMILES string of the molecule is CCc1ccc2c(CC(=O)OCc3nc(N)nc(N)n3)coc2c1. The van der Waals surface area contributed by atoms with E-state index in [1.165, 1.54) is 5.56 Å². The Morgan fingerprint density at radius 1 is 1.21 bits per heavy atom. The van der Waals surface area contributed by atoms with Crippen LogP contribution in [0.3, 0.4) is 0 Å². The first kappa shape index (κ1) is 15.7. The number of rotatable bonds is 5. The molecule has 3 aromatic rings. The van der Waals surface area contributed by atoms with Crippen molar-refractivity contribution in [2.45, 2.75) is 26.4 Å². The third-order valence-electron chi connectivity index (χ3n) is 3.54. The summed E-state index contributed by atoms with van der Waals surface area (Å²) in [5, 5.41) is 0.901. The van der Waals surface area contributed by atoms with Crippen molar-refractivity contribution in [1.82, 2.24) is 15.0 Å². The average molecular weight is 327 g/mol. The zero-order valence-electron chi connectivity index (χ0n) is 13.2. The minimum Gasteiger partial charge on any atom is -0.464 e. The van der Waals surface area contributed by atoms with Crippen LogP contribution in [0.1, 0.15) is 23.9 Å². The standard InChI is InChI=1S/C16H17N5O3/c1-2-9-3-4-11-10(7-23-12(11)5-9)6-14(22)24-8-13-19-15(17)21-16(18)20-13/h3-5,7H,2,6,8H2,1H3,(H4,17,18,19,20,21). The van der Waals surface area contributed by atoms with E-state index in [-0.39, 0.29) is 30.7 Å². The van der Waals surface area contributed by atoms with E-state index in [4.69, 9.17) is 20.6 Å². The molecule has 3 rings (SSSR count). The van der Waals surface area contributed by atoms with Gasteiger partial charge in [0.05, 0.1) is 12.7 Å². The number of ether oxygens (including phenoxy) is 1. The molecule has 0 radical (unpaired) electrons. The van der Waals surface area contributed by atoms with Crippen LogP contribution in [0.5, 0.6) is 0 Å². The summed E-state index contributed by atoms with van der Waals surface area (Å²) in [5.74, 6) is -0.241. The highest BCUT2D eigenvalue weighted by Crippen LogP contribution is 2.23. The molecule has 0 aliphatic rings. The second kappa shape index (κ2) is 6.53. The Morgan fingerprint density at radius 2 is 1.96 bits per heavy atom. The lowest BCUT2D eigenvalue weighted by molar-refractivity contribution is -0.144. The van der Waals surface area contributed by atoms with E-state index in [0.29, 0.717) is 0 Å². The smallest absolute Gasteiger partial charge is 0.310 e. The maximum Gasteiger partial charge on any atom is 0.310 e. The summed E-state index contributed by atoms with van der Waals surface area (Å²) >= 11 is 0. The Bertz CT molecular complexity index is 870. The summed E-state index contributed by atoms with van der Waals surface area (Å²) in [6.45, 7) is 1.95. The molecule has 0 amide bonds. The molecule has 1 aromatic carbocycles. The van der Waals surface area contributed by atoms with Crippen LogP contribution in [0.25, 0.3) is 11.0 Å². The Morgan fingerprint density at radius 3 is 2.67 bits per heavy atom. The van der Waals surface area contributed by atoms with Gasteiger partial charge in [-0.3, -0.25) is 4.79 Å². The summed E-state index contributed by atoms with van der Waals surface area (Å²) in [6.07, 6.45) is 2.59. The molecule has 0 fully saturated rings.